The number of β-amino-alcohol motifs (C(OH)–C–C–N with tert-alkyl or cyclic N) is 1. The highest BCUT2D eigenvalue weighted by atomic mass is 32.2. The number of alkyl carbamates (subject to hydrolysis) is 1. The number of piperidine rings is 1. The largest absolute Gasteiger partial charge is 0.453 e. The first-order valence-corrected chi connectivity index (χ1v) is 20.5. The first kappa shape index (κ1) is 40.4. The number of nitrogens with zero attached hydrogens (tertiary/aromatic N) is 3. The van der Waals surface area contributed by atoms with Crippen LogP contribution >= 0.6 is 0 Å². The molecule has 0 bridgehead atoms. The van der Waals surface area contributed by atoms with Gasteiger partial charge in [-0.2, -0.15) is 0 Å². The zero-order valence-electron chi connectivity index (χ0n) is 31.7. The summed E-state index contributed by atoms with van der Waals surface area (Å²) < 4.78 is 62.0. The molecule has 12 nitrogen and oxygen atoms in total. The van der Waals surface area contributed by atoms with Crippen LogP contribution in [0.2, 0.25) is 0 Å². The van der Waals surface area contributed by atoms with Crippen molar-refractivity contribution in [1.82, 2.24) is 20.4 Å². The molecule has 4 fully saturated rings. The fourth-order valence-corrected chi connectivity index (χ4v) is 11.3. The second-order valence-corrected chi connectivity index (χ2v) is 17.8. The number of sulfone groups is 1. The highest BCUT2D eigenvalue weighted by molar-refractivity contribution is 7.92. The molecule has 2 aromatic carbocycles. The quantitative estimate of drug-likeness (QED) is 0.293. The number of hydrogen-bond donors (Lipinski definition) is 3. The Bertz CT molecular complexity index is 1940. The van der Waals surface area contributed by atoms with Gasteiger partial charge < -0.3 is 35.2 Å². The molecular formula is C40H51F2N5O7S. The maximum absolute atomic E-state index is 15.5. The van der Waals surface area contributed by atoms with Crippen LogP contribution in [0.4, 0.5) is 19.3 Å². The molecule has 1 saturated carbocycles. The van der Waals surface area contributed by atoms with Crippen molar-refractivity contribution >= 4 is 33.4 Å². The highest BCUT2D eigenvalue weighted by Gasteiger charge is 2.53. The number of carbonyl (C=O) groups excluding carboxylic acids is 3. The third-order valence-corrected chi connectivity index (χ3v) is 14.3. The average molecular weight is 784 g/mol. The number of likely N-dealkylation sites (tertiary alicyclic amines) is 2. The number of methoxy groups -OCH3 is 1. The van der Waals surface area contributed by atoms with Crippen LogP contribution < -0.4 is 15.5 Å². The molecule has 298 valence electrons. The lowest BCUT2D eigenvalue weighted by atomic mass is 9.58. The van der Waals surface area contributed by atoms with Crippen LogP contribution in [-0.4, -0.2) is 118 Å². The number of nitrogens with one attached hydrogen (secondary N) is 2. The summed E-state index contributed by atoms with van der Waals surface area (Å²) in [5.41, 5.74) is -0.836. The highest BCUT2D eigenvalue weighted by Crippen LogP contribution is 2.50. The second kappa shape index (κ2) is 16.5. The average Bonchev–Trinajstić information content (AvgIpc) is 3.83. The van der Waals surface area contributed by atoms with Gasteiger partial charge in [-0.1, -0.05) is 24.5 Å². The van der Waals surface area contributed by atoms with E-state index in [2.05, 4.69) is 27.4 Å². The smallest absolute Gasteiger partial charge is 0.407 e. The first-order valence-electron chi connectivity index (χ1n) is 19.0. The Hall–Kier alpha value is -4.26. The van der Waals surface area contributed by atoms with Gasteiger partial charge >= 0.3 is 6.09 Å². The summed E-state index contributed by atoms with van der Waals surface area (Å²) in [5, 5.41) is 16.7. The second-order valence-electron chi connectivity index (χ2n) is 15.6. The van der Waals surface area contributed by atoms with Crippen LogP contribution in [0.5, 0.6) is 0 Å². The van der Waals surface area contributed by atoms with Crippen molar-refractivity contribution in [2.45, 2.75) is 79.6 Å². The number of anilines is 1. The minimum atomic E-state index is -3.89. The number of hydrogen-bond acceptors (Lipinski definition) is 9. The number of aliphatic hydroxyl groups is 1. The Morgan fingerprint density at radius 3 is 2.44 bits per heavy atom. The third-order valence-electron chi connectivity index (χ3n) is 12.2. The van der Waals surface area contributed by atoms with Gasteiger partial charge in [0.15, 0.2) is 9.84 Å². The predicted molar refractivity (Wildman–Crippen MR) is 202 cm³/mol. The van der Waals surface area contributed by atoms with E-state index in [-0.39, 0.29) is 79.3 Å². The van der Waals surface area contributed by atoms with Gasteiger partial charge in [0.25, 0.3) is 5.91 Å². The molecule has 3 N–H and O–H groups in total. The van der Waals surface area contributed by atoms with E-state index in [0.717, 1.165) is 30.9 Å². The summed E-state index contributed by atoms with van der Waals surface area (Å²) in [7, 11) is -2.57. The van der Waals surface area contributed by atoms with Crippen molar-refractivity contribution in [2.24, 2.45) is 11.8 Å². The number of halogens is 2. The molecule has 6 rings (SSSR count). The van der Waals surface area contributed by atoms with Gasteiger partial charge in [0.1, 0.15) is 17.2 Å². The van der Waals surface area contributed by atoms with Gasteiger partial charge in [0, 0.05) is 57.6 Å². The molecule has 3 aliphatic heterocycles. The van der Waals surface area contributed by atoms with Gasteiger partial charge in [0.2, 0.25) is 5.91 Å². The number of rotatable bonds is 11. The van der Waals surface area contributed by atoms with Crippen LogP contribution in [0.25, 0.3) is 0 Å². The standard InChI is InChI=1S/C40H51F2N5O7S/c1-4-7-37(49)46-19-16-32(22-46)55(52,53)31-12-13-36(34(42)21-31)47-25-39(51,26-47)24-45-17-14-28(15-18-45)40(23-43-27(2)48,29-8-5-9-30(41)20-29)33-10-6-11-35(33)44-38(50)54-3/h5,8-9,12-13,20-21,28,32-33,35,51H,6,10-11,14-19,22-26H2,1-3H3,(H,43,48)(H,44,50)/t32-,33+,35+,40+/m1/s1. The van der Waals surface area contributed by atoms with Crippen molar-refractivity contribution < 1.29 is 41.4 Å². The zero-order valence-corrected chi connectivity index (χ0v) is 32.5. The molecule has 0 unspecified atom stereocenters. The maximum atomic E-state index is 15.5. The predicted octanol–water partition coefficient (Wildman–Crippen LogP) is 3.22. The molecule has 0 radical (unpaired) electrons. The van der Waals surface area contributed by atoms with Gasteiger partial charge in [0.05, 0.1) is 22.9 Å². The number of amides is 3. The molecule has 1 aliphatic carbocycles. The van der Waals surface area contributed by atoms with E-state index >= 15 is 4.39 Å². The van der Waals surface area contributed by atoms with Gasteiger partial charge in [-0.25, -0.2) is 22.0 Å². The van der Waals surface area contributed by atoms with Crippen molar-refractivity contribution in [3.8, 4) is 11.8 Å². The Kier molecular flexibility index (Phi) is 12.1. The third kappa shape index (κ3) is 8.46. The van der Waals surface area contributed by atoms with E-state index in [1.807, 2.05) is 6.07 Å². The van der Waals surface area contributed by atoms with Gasteiger partial charge in [-0.05, 0) is 106 Å². The van der Waals surface area contributed by atoms with Crippen LogP contribution in [0, 0.1) is 35.3 Å². The summed E-state index contributed by atoms with van der Waals surface area (Å²) >= 11 is 0. The number of benzene rings is 2. The molecule has 0 aromatic heterocycles. The van der Waals surface area contributed by atoms with Crippen LogP contribution in [0.3, 0.4) is 0 Å². The first-order chi connectivity index (χ1) is 26.2. The van der Waals surface area contributed by atoms with E-state index in [0.29, 0.717) is 32.5 Å². The number of ether oxygens (including phenoxy) is 1. The Morgan fingerprint density at radius 1 is 1.04 bits per heavy atom. The van der Waals surface area contributed by atoms with E-state index in [4.69, 9.17) is 4.74 Å². The van der Waals surface area contributed by atoms with Crippen molar-refractivity contribution in [3.05, 3.63) is 59.7 Å². The van der Waals surface area contributed by atoms with Crippen molar-refractivity contribution in [2.75, 3.05) is 64.4 Å². The molecule has 3 saturated heterocycles. The summed E-state index contributed by atoms with van der Waals surface area (Å²) in [6.45, 7) is 5.46. The summed E-state index contributed by atoms with van der Waals surface area (Å²) in [6.07, 6.45) is 3.47. The van der Waals surface area contributed by atoms with Gasteiger partial charge in [-0.3, -0.25) is 9.59 Å². The van der Waals surface area contributed by atoms with Crippen molar-refractivity contribution in [1.29, 1.82) is 0 Å². The molecule has 3 heterocycles. The lowest BCUT2D eigenvalue weighted by Gasteiger charge is -2.53. The minimum absolute atomic E-state index is 0.00438. The maximum Gasteiger partial charge on any atom is 0.407 e. The van der Waals surface area contributed by atoms with Crippen LogP contribution in [0.1, 0.15) is 57.9 Å². The lowest BCUT2D eigenvalue weighted by molar-refractivity contribution is -0.124. The summed E-state index contributed by atoms with van der Waals surface area (Å²) in [4.78, 5) is 42.0. The fraction of sp³-hybridized carbons (Fsp3) is 0.575. The van der Waals surface area contributed by atoms with Crippen LogP contribution in [-0.2, 0) is 29.6 Å². The molecule has 15 heteroatoms. The monoisotopic (exact) mass is 783 g/mol. The topological polar surface area (TPSA) is 149 Å². The molecular weight excluding hydrogens is 733 g/mol. The summed E-state index contributed by atoms with van der Waals surface area (Å²) in [5.74, 6) is 3.16. The fourth-order valence-electron chi connectivity index (χ4n) is 9.56. The van der Waals surface area contributed by atoms with E-state index < -0.39 is 43.9 Å². The Labute approximate surface area is 321 Å². The van der Waals surface area contributed by atoms with Crippen LogP contribution in [0.15, 0.2) is 47.4 Å². The van der Waals surface area contributed by atoms with E-state index in [1.54, 1.807) is 17.0 Å². The molecule has 0 spiro atoms. The molecule has 4 atom stereocenters. The minimum Gasteiger partial charge on any atom is -0.453 e. The molecule has 3 amide bonds. The SMILES string of the molecule is CC#CC(=O)N1CC[C@@H](S(=O)(=O)c2ccc(N3CC(O)(CN4CCC([C@@](CNC(C)=O)(c5cccc(F)c5)[C@H]5CCC[C@@H]5NC(=O)OC)CC4)C3)c(F)c2)C1. The van der Waals surface area contributed by atoms with E-state index in [1.165, 1.54) is 44.1 Å². The molecule has 2 aromatic rings. The molecule has 55 heavy (non-hydrogen) atoms. The lowest BCUT2D eigenvalue weighted by Crippen LogP contribution is -2.67. The zero-order chi connectivity index (χ0) is 39.5. The Balaban J connectivity index is 1.12. The summed E-state index contributed by atoms with van der Waals surface area (Å²) in [6, 6.07) is 10.1. The van der Waals surface area contributed by atoms with Gasteiger partial charge in [-0.15, -0.1) is 0 Å². The Morgan fingerprint density at radius 2 is 1.78 bits per heavy atom. The van der Waals surface area contributed by atoms with Crippen molar-refractivity contribution in [3.63, 3.8) is 0 Å². The number of carbonyl (C=O) groups is 3. The molecule has 4 aliphatic rings. The van der Waals surface area contributed by atoms with E-state index in [9.17, 15) is 32.3 Å². The normalized spacial score (nSPS) is 23.9.